The van der Waals surface area contributed by atoms with Crippen LogP contribution in [0.2, 0.25) is 0 Å². The zero-order valence-electron chi connectivity index (χ0n) is 12.7. The summed E-state index contributed by atoms with van der Waals surface area (Å²) >= 11 is 0. The van der Waals surface area contributed by atoms with Gasteiger partial charge in [0.05, 0.1) is 6.04 Å². The number of nitrogens with one attached hydrogen (secondary N) is 1. The number of piperazine rings is 1. The van der Waals surface area contributed by atoms with E-state index >= 15 is 0 Å². The summed E-state index contributed by atoms with van der Waals surface area (Å²) < 4.78 is 36.9. The highest BCUT2D eigenvalue weighted by molar-refractivity contribution is 5.81. The van der Waals surface area contributed by atoms with Crippen LogP contribution in [0.15, 0.2) is 0 Å². The van der Waals surface area contributed by atoms with Gasteiger partial charge in [0.15, 0.2) is 6.10 Å². The number of carbonyl (C=O) groups excluding carboxylic acids is 1. The summed E-state index contributed by atoms with van der Waals surface area (Å²) in [4.78, 5) is 15.4. The van der Waals surface area contributed by atoms with E-state index in [1.165, 1.54) is 0 Å². The first-order chi connectivity index (χ1) is 9.61. The fourth-order valence-corrected chi connectivity index (χ4v) is 2.25. The van der Waals surface area contributed by atoms with Crippen molar-refractivity contribution < 1.29 is 23.1 Å². The molecule has 1 aliphatic heterocycles. The first kappa shape index (κ1) is 18.2. The Morgan fingerprint density at radius 1 is 1.19 bits per heavy atom. The van der Waals surface area contributed by atoms with Gasteiger partial charge in [-0.3, -0.25) is 14.6 Å². The molecule has 0 bridgehead atoms. The maximum Gasteiger partial charge on any atom is 0.415 e. The topological polar surface area (TPSA) is 55.8 Å². The minimum Gasteiger partial charge on any atom is -0.382 e. The van der Waals surface area contributed by atoms with Crippen molar-refractivity contribution in [2.45, 2.75) is 45.1 Å². The Morgan fingerprint density at radius 3 is 2.14 bits per heavy atom. The molecule has 0 aromatic carbocycles. The molecule has 2 N–H and O–H groups in total. The third-order valence-electron chi connectivity index (χ3n) is 3.57. The fraction of sp³-hybridized carbons (Fsp3) is 0.923. The Kier molecular flexibility index (Phi) is 6.42. The van der Waals surface area contributed by atoms with Gasteiger partial charge in [0, 0.05) is 38.8 Å². The van der Waals surface area contributed by atoms with Gasteiger partial charge in [0.25, 0.3) is 0 Å². The monoisotopic (exact) mass is 311 g/mol. The van der Waals surface area contributed by atoms with E-state index < -0.39 is 18.8 Å². The molecule has 5 nitrogen and oxygen atoms in total. The number of carbonyl (C=O) groups is 1. The lowest BCUT2D eigenvalue weighted by molar-refractivity contribution is -0.209. The molecule has 1 amide bonds. The van der Waals surface area contributed by atoms with Crippen molar-refractivity contribution in [1.29, 1.82) is 0 Å². The Balaban J connectivity index is 2.40. The van der Waals surface area contributed by atoms with E-state index in [2.05, 4.69) is 5.32 Å². The van der Waals surface area contributed by atoms with E-state index in [-0.39, 0.29) is 18.0 Å². The van der Waals surface area contributed by atoms with Crippen LogP contribution in [-0.2, 0) is 4.79 Å². The van der Waals surface area contributed by atoms with Gasteiger partial charge in [0.1, 0.15) is 0 Å². The number of hydrogen-bond donors (Lipinski definition) is 2. The Morgan fingerprint density at radius 2 is 1.71 bits per heavy atom. The molecule has 1 fully saturated rings. The molecular formula is C13H24F3N3O2. The maximum absolute atomic E-state index is 12.3. The molecule has 0 spiro atoms. The van der Waals surface area contributed by atoms with Gasteiger partial charge in [-0.1, -0.05) is 0 Å². The first-order valence-corrected chi connectivity index (χ1v) is 7.12. The van der Waals surface area contributed by atoms with Crippen LogP contribution in [0.5, 0.6) is 0 Å². The van der Waals surface area contributed by atoms with Crippen LogP contribution in [0.4, 0.5) is 13.2 Å². The summed E-state index contributed by atoms with van der Waals surface area (Å²) in [6.45, 7) is 6.97. The SMILES string of the molecule is CC(C)NC(=O)C(C)N1CCN(CC(O)C(F)(F)F)CC1. The second-order valence-corrected chi connectivity index (χ2v) is 5.73. The Labute approximate surface area is 123 Å². The number of aliphatic hydroxyl groups excluding tert-OH is 1. The number of rotatable bonds is 5. The highest BCUT2D eigenvalue weighted by Crippen LogP contribution is 2.21. The highest BCUT2D eigenvalue weighted by Gasteiger charge is 2.39. The minimum atomic E-state index is -4.58. The molecule has 21 heavy (non-hydrogen) atoms. The number of aliphatic hydroxyl groups is 1. The summed E-state index contributed by atoms with van der Waals surface area (Å²) in [5.41, 5.74) is 0. The van der Waals surface area contributed by atoms with Crippen molar-refractivity contribution in [2.75, 3.05) is 32.7 Å². The summed E-state index contributed by atoms with van der Waals surface area (Å²) in [6.07, 6.45) is -6.90. The third-order valence-corrected chi connectivity index (χ3v) is 3.57. The number of nitrogens with zero attached hydrogens (tertiary/aromatic N) is 2. The lowest BCUT2D eigenvalue weighted by Crippen LogP contribution is -2.56. The molecule has 0 saturated carbocycles. The van der Waals surface area contributed by atoms with Gasteiger partial charge in [-0.15, -0.1) is 0 Å². The van der Waals surface area contributed by atoms with Gasteiger partial charge in [-0.25, -0.2) is 0 Å². The van der Waals surface area contributed by atoms with Crippen LogP contribution in [0.25, 0.3) is 0 Å². The van der Waals surface area contributed by atoms with E-state index in [1.807, 2.05) is 18.7 Å². The van der Waals surface area contributed by atoms with Crippen LogP contribution in [-0.4, -0.2) is 77.9 Å². The lowest BCUT2D eigenvalue weighted by Gasteiger charge is -2.38. The molecule has 8 heteroatoms. The minimum absolute atomic E-state index is 0.0585. The second kappa shape index (κ2) is 7.42. The normalized spacial score (nSPS) is 21.3. The zero-order valence-corrected chi connectivity index (χ0v) is 12.7. The molecule has 124 valence electrons. The third kappa shape index (κ3) is 5.80. The predicted molar refractivity (Wildman–Crippen MR) is 72.8 cm³/mol. The molecule has 0 aliphatic carbocycles. The van der Waals surface area contributed by atoms with E-state index in [1.54, 1.807) is 11.8 Å². The maximum atomic E-state index is 12.3. The predicted octanol–water partition coefficient (Wildman–Crippen LogP) is 0.440. The van der Waals surface area contributed by atoms with Crippen LogP contribution < -0.4 is 5.32 Å². The number of hydrogen-bond acceptors (Lipinski definition) is 4. The number of halogens is 3. The van der Waals surface area contributed by atoms with Crippen LogP contribution in [0, 0.1) is 0 Å². The van der Waals surface area contributed by atoms with Crippen molar-refractivity contribution in [3.8, 4) is 0 Å². The molecule has 1 rings (SSSR count). The van der Waals surface area contributed by atoms with Gasteiger partial charge >= 0.3 is 6.18 Å². The standard InChI is InChI=1S/C13H24F3N3O2/c1-9(2)17-12(21)10(3)19-6-4-18(5-7-19)8-11(20)13(14,15)16/h9-11,20H,4-8H2,1-3H3,(H,17,21). The molecular weight excluding hydrogens is 287 g/mol. The van der Waals surface area contributed by atoms with E-state index in [0.717, 1.165) is 0 Å². The molecule has 0 aromatic heterocycles. The van der Waals surface area contributed by atoms with Crippen molar-refractivity contribution in [2.24, 2.45) is 0 Å². The summed E-state index contributed by atoms with van der Waals surface area (Å²) in [5.74, 6) is -0.0752. The van der Waals surface area contributed by atoms with Gasteiger partial charge in [-0.2, -0.15) is 13.2 Å². The zero-order chi connectivity index (χ0) is 16.2. The fourth-order valence-electron chi connectivity index (χ4n) is 2.25. The van der Waals surface area contributed by atoms with Crippen LogP contribution in [0.3, 0.4) is 0 Å². The van der Waals surface area contributed by atoms with Crippen LogP contribution >= 0.6 is 0 Å². The number of alkyl halides is 3. The summed E-state index contributed by atoms with van der Waals surface area (Å²) in [7, 11) is 0. The van der Waals surface area contributed by atoms with E-state index in [9.17, 15) is 18.0 Å². The van der Waals surface area contributed by atoms with E-state index in [0.29, 0.717) is 26.2 Å². The summed E-state index contributed by atoms with van der Waals surface area (Å²) in [6, 6.07) is -0.245. The largest absolute Gasteiger partial charge is 0.415 e. The summed E-state index contributed by atoms with van der Waals surface area (Å²) in [5, 5.41) is 11.9. The average molecular weight is 311 g/mol. The average Bonchev–Trinajstić information content (AvgIpc) is 2.36. The quantitative estimate of drug-likeness (QED) is 0.774. The molecule has 1 aliphatic rings. The van der Waals surface area contributed by atoms with Crippen molar-refractivity contribution in [1.82, 2.24) is 15.1 Å². The lowest BCUT2D eigenvalue weighted by atomic mass is 10.2. The van der Waals surface area contributed by atoms with Crippen molar-refractivity contribution in [3.05, 3.63) is 0 Å². The molecule has 2 atom stereocenters. The number of β-amino-alcohol motifs (C(OH)–C–C–N with tert-alkyl or cyclic N) is 1. The molecule has 1 heterocycles. The molecule has 1 saturated heterocycles. The second-order valence-electron chi connectivity index (χ2n) is 5.73. The number of amides is 1. The molecule has 2 unspecified atom stereocenters. The van der Waals surface area contributed by atoms with E-state index in [4.69, 9.17) is 5.11 Å². The first-order valence-electron chi connectivity index (χ1n) is 7.12. The van der Waals surface area contributed by atoms with Crippen molar-refractivity contribution in [3.63, 3.8) is 0 Å². The molecule has 0 aromatic rings. The van der Waals surface area contributed by atoms with Gasteiger partial charge in [0.2, 0.25) is 5.91 Å². The van der Waals surface area contributed by atoms with Crippen LogP contribution in [0.1, 0.15) is 20.8 Å². The van der Waals surface area contributed by atoms with Crippen molar-refractivity contribution >= 4 is 5.91 Å². The Hall–Kier alpha value is -0.860. The Bertz CT molecular complexity index is 342. The molecule has 0 radical (unpaired) electrons. The van der Waals surface area contributed by atoms with Gasteiger partial charge in [-0.05, 0) is 20.8 Å². The van der Waals surface area contributed by atoms with Gasteiger partial charge < -0.3 is 10.4 Å². The highest BCUT2D eigenvalue weighted by atomic mass is 19.4. The smallest absolute Gasteiger partial charge is 0.382 e.